The van der Waals surface area contributed by atoms with E-state index < -0.39 is 16.9 Å². The van der Waals surface area contributed by atoms with E-state index in [1.54, 1.807) is 13.8 Å². The Balaban J connectivity index is 2.85. The molecule has 1 aliphatic heterocycles. The molecule has 2 unspecified atom stereocenters. The van der Waals surface area contributed by atoms with E-state index in [0.29, 0.717) is 13.0 Å². The predicted molar refractivity (Wildman–Crippen MR) is 73.9 cm³/mol. The molecule has 1 heterocycles. The van der Waals surface area contributed by atoms with E-state index in [1.807, 2.05) is 0 Å². The monoisotopic (exact) mass is 270 g/mol. The molecule has 0 spiro atoms. The Bertz CT molecular complexity index is 332. The summed E-state index contributed by atoms with van der Waals surface area (Å²) >= 11 is 0. The number of rotatable bonds is 6. The smallest absolute Gasteiger partial charge is 0.329 e. The average Bonchev–Trinajstić information content (AvgIpc) is 2.39. The van der Waals surface area contributed by atoms with Crippen LogP contribution in [0.5, 0.6) is 0 Å². The highest BCUT2D eigenvalue weighted by Crippen LogP contribution is 2.32. The number of hydrogen-bond donors (Lipinski definition) is 3. The molecule has 19 heavy (non-hydrogen) atoms. The lowest BCUT2D eigenvalue weighted by Crippen LogP contribution is -2.59. The summed E-state index contributed by atoms with van der Waals surface area (Å²) in [6.07, 6.45) is 3.89. The zero-order valence-electron chi connectivity index (χ0n) is 12.2. The van der Waals surface area contributed by atoms with Crippen LogP contribution in [0.25, 0.3) is 0 Å². The van der Waals surface area contributed by atoms with Crippen molar-refractivity contribution in [3.8, 4) is 0 Å². The number of aliphatic carboxylic acids is 1. The molecule has 110 valence electrons. The summed E-state index contributed by atoms with van der Waals surface area (Å²) in [5, 5.41) is 15.3. The molecule has 0 saturated carbocycles. The summed E-state index contributed by atoms with van der Waals surface area (Å²) in [5.74, 6) is -1.09. The van der Waals surface area contributed by atoms with Crippen molar-refractivity contribution in [1.29, 1.82) is 0 Å². The molecule has 1 aliphatic rings. The van der Waals surface area contributed by atoms with E-state index in [2.05, 4.69) is 17.6 Å². The maximum atomic E-state index is 12.6. The number of carbonyl (C=O) groups is 2. The van der Waals surface area contributed by atoms with Gasteiger partial charge in [0.2, 0.25) is 5.91 Å². The summed E-state index contributed by atoms with van der Waals surface area (Å²) in [5.41, 5.74) is -1.62. The molecule has 0 radical (unpaired) electrons. The molecule has 0 bridgehead atoms. The molecule has 5 heteroatoms. The highest BCUT2D eigenvalue weighted by Gasteiger charge is 2.43. The van der Waals surface area contributed by atoms with Crippen molar-refractivity contribution >= 4 is 11.9 Å². The number of carbonyl (C=O) groups excluding carboxylic acids is 1. The lowest BCUT2D eigenvalue weighted by atomic mass is 9.75. The Morgan fingerprint density at radius 3 is 2.53 bits per heavy atom. The second-order valence-electron chi connectivity index (χ2n) is 5.76. The molecule has 0 aliphatic carbocycles. The van der Waals surface area contributed by atoms with E-state index in [9.17, 15) is 14.7 Å². The Hall–Kier alpha value is -1.10. The first-order chi connectivity index (χ1) is 8.90. The van der Waals surface area contributed by atoms with Crippen LogP contribution in [-0.2, 0) is 9.59 Å². The van der Waals surface area contributed by atoms with E-state index in [0.717, 1.165) is 32.2 Å². The van der Waals surface area contributed by atoms with E-state index in [1.165, 1.54) is 0 Å². The van der Waals surface area contributed by atoms with Gasteiger partial charge in [-0.25, -0.2) is 4.79 Å². The fourth-order valence-electron chi connectivity index (χ4n) is 2.64. The Morgan fingerprint density at radius 2 is 2.11 bits per heavy atom. The van der Waals surface area contributed by atoms with Crippen LogP contribution in [0.2, 0.25) is 0 Å². The molecule has 0 aromatic rings. The molecule has 0 aromatic carbocycles. The van der Waals surface area contributed by atoms with Gasteiger partial charge in [-0.15, -0.1) is 0 Å². The third-order valence-electron chi connectivity index (χ3n) is 4.25. The highest BCUT2D eigenvalue weighted by molar-refractivity contribution is 5.90. The fraction of sp³-hybridized carbons (Fsp3) is 0.857. The normalized spacial score (nSPS) is 26.5. The van der Waals surface area contributed by atoms with Gasteiger partial charge in [-0.2, -0.15) is 0 Å². The first-order valence-electron chi connectivity index (χ1n) is 7.17. The lowest BCUT2D eigenvalue weighted by Gasteiger charge is -2.38. The molecular weight excluding hydrogens is 244 g/mol. The summed E-state index contributed by atoms with van der Waals surface area (Å²) in [7, 11) is 0. The van der Waals surface area contributed by atoms with Gasteiger partial charge in [0.1, 0.15) is 5.54 Å². The van der Waals surface area contributed by atoms with Crippen molar-refractivity contribution in [3.05, 3.63) is 0 Å². The SMILES string of the molecule is CCCC1(C(=O)NC(C)(CC)C(=O)O)CCCNC1. The van der Waals surface area contributed by atoms with Crippen LogP contribution in [0.4, 0.5) is 0 Å². The Labute approximate surface area is 115 Å². The summed E-state index contributed by atoms with van der Waals surface area (Å²) < 4.78 is 0. The third-order valence-corrected chi connectivity index (χ3v) is 4.25. The Morgan fingerprint density at radius 1 is 1.42 bits per heavy atom. The van der Waals surface area contributed by atoms with Crippen LogP contribution in [0, 0.1) is 5.41 Å². The van der Waals surface area contributed by atoms with Crippen LogP contribution in [0.3, 0.4) is 0 Å². The molecule has 1 amide bonds. The van der Waals surface area contributed by atoms with Gasteiger partial charge in [-0.05, 0) is 39.2 Å². The van der Waals surface area contributed by atoms with Crippen molar-refractivity contribution in [2.45, 2.75) is 58.4 Å². The van der Waals surface area contributed by atoms with E-state index >= 15 is 0 Å². The summed E-state index contributed by atoms with van der Waals surface area (Å²) in [6.45, 7) is 6.98. The minimum Gasteiger partial charge on any atom is -0.480 e. The quantitative estimate of drug-likeness (QED) is 0.684. The maximum absolute atomic E-state index is 12.6. The molecule has 0 aromatic heterocycles. The zero-order valence-corrected chi connectivity index (χ0v) is 12.2. The van der Waals surface area contributed by atoms with Crippen molar-refractivity contribution < 1.29 is 14.7 Å². The van der Waals surface area contributed by atoms with Gasteiger partial charge in [0.15, 0.2) is 0 Å². The molecular formula is C14H26N2O3. The number of piperidine rings is 1. The number of carboxylic acids is 1. The van der Waals surface area contributed by atoms with Gasteiger partial charge in [0.25, 0.3) is 0 Å². The molecule has 2 atom stereocenters. The zero-order chi connectivity index (χ0) is 14.5. The Kier molecular flexibility index (Phi) is 5.35. The number of nitrogens with one attached hydrogen (secondary N) is 2. The minimum atomic E-state index is -1.17. The van der Waals surface area contributed by atoms with Crippen LogP contribution in [0.15, 0.2) is 0 Å². The average molecular weight is 270 g/mol. The van der Waals surface area contributed by atoms with Gasteiger partial charge in [0, 0.05) is 6.54 Å². The fourth-order valence-corrected chi connectivity index (χ4v) is 2.64. The maximum Gasteiger partial charge on any atom is 0.329 e. The van der Waals surface area contributed by atoms with Crippen molar-refractivity contribution in [2.75, 3.05) is 13.1 Å². The third kappa shape index (κ3) is 3.47. The second kappa shape index (κ2) is 6.37. The first-order valence-corrected chi connectivity index (χ1v) is 7.17. The van der Waals surface area contributed by atoms with Crippen LogP contribution < -0.4 is 10.6 Å². The van der Waals surface area contributed by atoms with Crippen LogP contribution in [0.1, 0.15) is 52.9 Å². The van der Waals surface area contributed by atoms with Crippen molar-refractivity contribution in [2.24, 2.45) is 5.41 Å². The van der Waals surface area contributed by atoms with Gasteiger partial charge >= 0.3 is 5.97 Å². The summed E-state index contributed by atoms with van der Waals surface area (Å²) in [4.78, 5) is 23.9. The van der Waals surface area contributed by atoms with Gasteiger partial charge in [-0.3, -0.25) is 4.79 Å². The van der Waals surface area contributed by atoms with Gasteiger partial charge in [0.05, 0.1) is 5.41 Å². The van der Waals surface area contributed by atoms with Crippen molar-refractivity contribution in [3.63, 3.8) is 0 Å². The van der Waals surface area contributed by atoms with Crippen LogP contribution >= 0.6 is 0 Å². The van der Waals surface area contributed by atoms with E-state index in [-0.39, 0.29) is 5.91 Å². The first kappa shape index (κ1) is 16.0. The lowest BCUT2D eigenvalue weighted by molar-refractivity contribution is -0.149. The molecule has 5 nitrogen and oxygen atoms in total. The number of hydrogen-bond acceptors (Lipinski definition) is 3. The second-order valence-corrected chi connectivity index (χ2v) is 5.76. The highest BCUT2D eigenvalue weighted by atomic mass is 16.4. The molecule has 3 N–H and O–H groups in total. The molecule has 1 rings (SSSR count). The van der Waals surface area contributed by atoms with Gasteiger partial charge in [-0.1, -0.05) is 20.3 Å². The van der Waals surface area contributed by atoms with Crippen LogP contribution in [-0.4, -0.2) is 35.6 Å². The van der Waals surface area contributed by atoms with E-state index in [4.69, 9.17) is 0 Å². The number of carboxylic acid groups (broad SMARTS) is 1. The largest absolute Gasteiger partial charge is 0.480 e. The van der Waals surface area contributed by atoms with Crippen molar-refractivity contribution in [1.82, 2.24) is 10.6 Å². The van der Waals surface area contributed by atoms with Gasteiger partial charge < -0.3 is 15.7 Å². The standard InChI is InChI=1S/C14H26N2O3/c1-4-7-14(8-6-9-15-10-14)11(17)16-13(3,5-2)12(18)19/h15H,4-10H2,1-3H3,(H,16,17)(H,18,19). The summed E-state index contributed by atoms with van der Waals surface area (Å²) in [6, 6.07) is 0. The number of amides is 1. The molecule has 1 fully saturated rings. The molecule has 1 saturated heterocycles. The predicted octanol–water partition coefficient (Wildman–Crippen LogP) is 1.53. The topological polar surface area (TPSA) is 78.4 Å². The minimum absolute atomic E-state index is 0.117.